The summed E-state index contributed by atoms with van der Waals surface area (Å²) in [6.07, 6.45) is 0.753. The van der Waals surface area contributed by atoms with Gasteiger partial charge in [0.15, 0.2) is 0 Å². The Morgan fingerprint density at radius 1 is 0.947 bits per heavy atom. The van der Waals surface area contributed by atoms with Gasteiger partial charge in [0.05, 0.1) is 18.4 Å². The summed E-state index contributed by atoms with van der Waals surface area (Å²) in [7, 11) is 0. The molecule has 38 heavy (non-hydrogen) atoms. The quantitative estimate of drug-likeness (QED) is 0.331. The molecular weight excluding hydrogens is 486 g/mol. The molecule has 1 saturated heterocycles. The fraction of sp³-hybridized carbons (Fsp3) is 0.241. The molecule has 7 rings (SSSR count). The zero-order chi connectivity index (χ0) is 25.8. The Labute approximate surface area is 217 Å². The summed E-state index contributed by atoms with van der Waals surface area (Å²) in [5, 5.41) is 33.7. The lowest BCUT2D eigenvalue weighted by Gasteiger charge is -2.36. The van der Waals surface area contributed by atoms with Crippen LogP contribution < -0.4 is 0 Å². The zero-order valence-corrected chi connectivity index (χ0v) is 20.2. The molecule has 5 atom stereocenters. The van der Waals surface area contributed by atoms with Crippen LogP contribution in [0.5, 0.6) is 0 Å². The van der Waals surface area contributed by atoms with E-state index < -0.39 is 37.3 Å². The Morgan fingerprint density at radius 3 is 2.63 bits per heavy atom. The Balaban J connectivity index is 1.31. The summed E-state index contributed by atoms with van der Waals surface area (Å²) >= 11 is 0. The number of ether oxygens (including phenoxy) is 2. The lowest BCUT2D eigenvalue weighted by Crippen LogP contribution is -2.56. The lowest BCUT2D eigenvalue weighted by molar-refractivity contribution is -0.234. The molecule has 0 saturated carbocycles. The van der Waals surface area contributed by atoms with Crippen LogP contribution in [-0.4, -0.2) is 68.0 Å². The van der Waals surface area contributed by atoms with Crippen molar-refractivity contribution < 1.29 is 29.2 Å². The molecule has 1 fully saturated rings. The highest BCUT2D eigenvalue weighted by molar-refractivity contribution is 6.08. The summed E-state index contributed by atoms with van der Waals surface area (Å²) in [5.41, 5.74) is 3.61. The Morgan fingerprint density at radius 2 is 1.82 bits per heavy atom. The lowest BCUT2D eigenvalue weighted by atomic mass is 9.98. The monoisotopic (exact) mass is 511 g/mol. The Hall–Kier alpha value is -4.02. The van der Waals surface area contributed by atoms with E-state index >= 15 is 0 Å². The van der Waals surface area contributed by atoms with Crippen LogP contribution in [0, 0.1) is 0 Å². The van der Waals surface area contributed by atoms with Gasteiger partial charge in [-0.1, -0.05) is 36.4 Å². The van der Waals surface area contributed by atoms with Crippen LogP contribution in [0.4, 0.5) is 0 Å². The molecule has 2 aromatic heterocycles. The van der Waals surface area contributed by atoms with Crippen molar-refractivity contribution in [2.45, 2.75) is 37.2 Å². The number of nitrogens with zero attached hydrogens (tertiary/aromatic N) is 3. The van der Waals surface area contributed by atoms with E-state index in [1.54, 1.807) is 6.20 Å². The summed E-state index contributed by atoms with van der Waals surface area (Å²) < 4.78 is 19.4. The number of aliphatic hydroxyl groups is 3. The maximum absolute atomic E-state index is 10.6. The third-order valence-electron chi connectivity index (χ3n) is 7.30. The van der Waals surface area contributed by atoms with Crippen molar-refractivity contribution in [2.24, 2.45) is 4.99 Å². The molecule has 3 aromatic carbocycles. The molecular formula is C29H25N3O6. The number of hydrogen-bond donors (Lipinski definition) is 3. The summed E-state index contributed by atoms with van der Waals surface area (Å²) in [6, 6.07) is 19.8. The van der Waals surface area contributed by atoms with Gasteiger partial charge in [-0.2, -0.15) is 0 Å². The zero-order valence-electron chi connectivity index (χ0n) is 20.2. The standard InChI is InChI=1S/C29H25N3O6/c33-15-23-25(34)26(35)24-29(37-23)38-28(31-24)21-14-32(13-16-5-6-17-3-1-2-4-18(17)11-16)22-8-7-19(12-20(21)22)27-30-9-10-36-27/h1-12,14,23-26,29,33-35H,13,15H2/t23?,24-,25-,26?,29-/m1/s1. The van der Waals surface area contributed by atoms with E-state index in [9.17, 15) is 15.3 Å². The van der Waals surface area contributed by atoms with Gasteiger partial charge in [-0.25, -0.2) is 9.98 Å². The first-order valence-electron chi connectivity index (χ1n) is 12.5. The number of rotatable bonds is 5. The normalized spacial score (nSPS) is 24.9. The first-order valence-corrected chi connectivity index (χ1v) is 12.5. The predicted octanol–water partition coefficient (Wildman–Crippen LogP) is 3.08. The molecule has 2 aliphatic rings. The van der Waals surface area contributed by atoms with Crippen molar-refractivity contribution in [3.05, 3.63) is 90.4 Å². The summed E-state index contributed by atoms with van der Waals surface area (Å²) in [5.74, 6) is 0.799. The van der Waals surface area contributed by atoms with Gasteiger partial charge in [-0.3, -0.25) is 0 Å². The average molecular weight is 512 g/mol. The van der Waals surface area contributed by atoms with Gasteiger partial charge in [-0.05, 0) is 40.6 Å². The van der Waals surface area contributed by atoms with E-state index in [1.807, 2.05) is 36.5 Å². The van der Waals surface area contributed by atoms with E-state index in [1.165, 1.54) is 17.0 Å². The van der Waals surface area contributed by atoms with Crippen molar-refractivity contribution in [2.75, 3.05) is 6.61 Å². The molecule has 3 N–H and O–H groups in total. The van der Waals surface area contributed by atoms with Crippen LogP contribution in [0.1, 0.15) is 11.1 Å². The van der Waals surface area contributed by atoms with Crippen molar-refractivity contribution in [3.63, 3.8) is 0 Å². The first-order chi connectivity index (χ1) is 18.6. The van der Waals surface area contributed by atoms with Gasteiger partial charge in [-0.15, -0.1) is 0 Å². The molecule has 4 heterocycles. The molecule has 5 aromatic rings. The second-order valence-corrected chi connectivity index (χ2v) is 9.67. The fourth-order valence-electron chi connectivity index (χ4n) is 5.34. The van der Waals surface area contributed by atoms with Crippen LogP contribution in [-0.2, 0) is 16.0 Å². The number of oxazole rings is 1. The predicted molar refractivity (Wildman–Crippen MR) is 140 cm³/mol. The smallest absolute Gasteiger partial charge is 0.227 e. The van der Waals surface area contributed by atoms with Crippen LogP contribution in [0.15, 0.2) is 88.7 Å². The average Bonchev–Trinajstić information content (AvgIpc) is 3.70. The number of aliphatic imine (C=N–C) groups is 1. The van der Waals surface area contributed by atoms with E-state index in [4.69, 9.17) is 13.9 Å². The highest BCUT2D eigenvalue weighted by atomic mass is 16.7. The van der Waals surface area contributed by atoms with Gasteiger partial charge < -0.3 is 33.8 Å². The van der Waals surface area contributed by atoms with E-state index in [0.29, 0.717) is 18.3 Å². The van der Waals surface area contributed by atoms with Crippen LogP contribution in [0.2, 0.25) is 0 Å². The third-order valence-corrected chi connectivity index (χ3v) is 7.30. The molecule has 0 radical (unpaired) electrons. The first kappa shape index (κ1) is 23.1. The molecule has 0 aliphatic carbocycles. The summed E-state index contributed by atoms with van der Waals surface area (Å²) in [6.45, 7) is 0.176. The molecule has 2 unspecified atom stereocenters. The molecule has 9 heteroatoms. The van der Waals surface area contributed by atoms with Gasteiger partial charge in [0.1, 0.15) is 30.6 Å². The van der Waals surface area contributed by atoms with Crippen LogP contribution >= 0.6 is 0 Å². The minimum atomic E-state index is -1.26. The summed E-state index contributed by atoms with van der Waals surface area (Å²) in [4.78, 5) is 8.89. The van der Waals surface area contributed by atoms with Crippen molar-refractivity contribution in [3.8, 4) is 11.5 Å². The fourth-order valence-corrected chi connectivity index (χ4v) is 5.34. The minimum absolute atomic E-state index is 0.302. The number of fused-ring (bicyclic) bond motifs is 3. The highest BCUT2D eigenvalue weighted by Gasteiger charge is 2.49. The third kappa shape index (κ3) is 3.79. The van der Waals surface area contributed by atoms with E-state index in [0.717, 1.165) is 27.6 Å². The van der Waals surface area contributed by atoms with Crippen molar-refractivity contribution in [1.29, 1.82) is 0 Å². The number of hydrogen-bond acceptors (Lipinski definition) is 8. The highest BCUT2D eigenvalue weighted by Crippen LogP contribution is 2.34. The van der Waals surface area contributed by atoms with Gasteiger partial charge >= 0.3 is 0 Å². The molecule has 2 aliphatic heterocycles. The second kappa shape index (κ2) is 9.07. The number of aliphatic hydroxyl groups excluding tert-OH is 3. The minimum Gasteiger partial charge on any atom is -0.445 e. The maximum atomic E-state index is 10.6. The molecule has 0 spiro atoms. The topological polar surface area (TPSA) is 122 Å². The maximum Gasteiger partial charge on any atom is 0.227 e. The second-order valence-electron chi connectivity index (χ2n) is 9.67. The number of aromatic nitrogens is 2. The molecule has 9 nitrogen and oxygen atoms in total. The van der Waals surface area contributed by atoms with Crippen molar-refractivity contribution in [1.82, 2.24) is 9.55 Å². The largest absolute Gasteiger partial charge is 0.445 e. The van der Waals surface area contributed by atoms with Crippen molar-refractivity contribution >= 4 is 27.6 Å². The molecule has 0 amide bonds. The SMILES string of the molecule is OCC1O[C@@H]2OC(c3cn(Cc4ccc5ccccc5c4)c4ccc(-c5ncco5)cc34)=N[C@@H]2C(O)[C@@H]1O. The van der Waals surface area contributed by atoms with Gasteiger partial charge in [0, 0.05) is 29.2 Å². The van der Waals surface area contributed by atoms with Crippen LogP contribution in [0.3, 0.4) is 0 Å². The Bertz CT molecular complexity index is 1660. The number of benzene rings is 3. The van der Waals surface area contributed by atoms with E-state index in [-0.39, 0.29) is 0 Å². The van der Waals surface area contributed by atoms with Gasteiger partial charge in [0.2, 0.25) is 18.1 Å². The van der Waals surface area contributed by atoms with E-state index in [2.05, 4.69) is 44.9 Å². The molecule has 192 valence electrons. The molecule has 0 bridgehead atoms. The Kier molecular flexibility index (Phi) is 5.52. The van der Waals surface area contributed by atoms with Crippen LogP contribution in [0.25, 0.3) is 33.1 Å². The van der Waals surface area contributed by atoms with Gasteiger partial charge in [0.25, 0.3) is 0 Å².